The van der Waals surface area contributed by atoms with Crippen LogP contribution in [0.25, 0.3) is 0 Å². The lowest BCUT2D eigenvalue weighted by Crippen LogP contribution is -2.40. The quantitative estimate of drug-likeness (QED) is 0.852. The van der Waals surface area contributed by atoms with Crippen LogP contribution in [0.2, 0.25) is 0 Å². The Hall–Kier alpha value is -2.28. The third kappa shape index (κ3) is 3.46. The van der Waals surface area contributed by atoms with Crippen LogP contribution in [-0.4, -0.2) is 28.3 Å². The zero-order valence-corrected chi connectivity index (χ0v) is 14.4. The van der Waals surface area contributed by atoms with E-state index in [0.29, 0.717) is 29.6 Å². The molecule has 2 aromatic rings. The number of ether oxygens (including phenoxy) is 1. The summed E-state index contributed by atoms with van der Waals surface area (Å²) in [7, 11) is 1.61. The molecule has 0 aliphatic carbocycles. The van der Waals surface area contributed by atoms with Gasteiger partial charge in [-0.2, -0.15) is 0 Å². The van der Waals surface area contributed by atoms with Crippen molar-refractivity contribution in [3.05, 3.63) is 51.9 Å². The van der Waals surface area contributed by atoms with E-state index in [9.17, 15) is 9.59 Å². The maximum atomic E-state index is 12.4. The molecule has 1 aliphatic rings. The average molecular weight is 345 g/mol. The van der Waals surface area contributed by atoms with Gasteiger partial charge in [0.2, 0.25) is 5.91 Å². The van der Waals surface area contributed by atoms with Gasteiger partial charge < -0.3 is 10.1 Å². The molecule has 1 aliphatic heterocycles. The highest BCUT2D eigenvalue weighted by Crippen LogP contribution is 2.25. The van der Waals surface area contributed by atoms with Gasteiger partial charge in [0.15, 0.2) is 5.16 Å². The zero-order valence-electron chi connectivity index (χ0n) is 13.6. The van der Waals surface area contributed by atoms with Crippen LogP contribution >= 0.6 is 11.8 Å². The predicted octanol–water partition coefficient (Wildman–Crippen LogP) is 1.60. The molecule has 1 atom stereocenters. The normalized spacial score (nSPS) is 16.3. The van der Waals surface area contributed by atoms with E-state index < -0.39 is 0 Å². The van der Waals surface area contributed by atoms with Gasteiger partial charge in [-0.05, 0) is 24.6 Å². The van der Waals surface area contributed by atoms with Crippen LogP contribution in [0.3, 0.4) is 0 Å². The van der Waals surface area contributed by atoms with Crippen LogP contribution in [0.5, 0.6) is 5.75 Å². The number of benzene rings is 1. The van der Waals surface area contributed by atoms with Crippen LogP contribution in [0, 0.1) is 12.8 Å². The molecule has 0 saturated carbocycles. The minimum atomic E-state index is -0.241. The summed E-state index contributed by atoms with van der Waals surface area (Å²) >= 11 is 1.45. The highest BCUT2D eigenvalue weighted by atomic mass is 32.2. The van der Waals surface area contributed by atoms with E-state index in [1.54, 1.807) is 24.8 Å². The average Bonchev–Trinajstić information content (AvgIpc) is 2.62. The number of thioether (sulfide) groups is 1. The summed E-state index contributed by atoms with van der Waals surface area (Å²) < 4.78 is 6.78. The van der Waals surface area contributed by atoms with E-state index in [4.69, 9.17) is 4.74 Å². The summed E-state index contributed by atoms with van der Waals surface area (Å²) in [6.07, 6.45) is 1.59. The van der Waals surface area contributed by atoms with Crippen molar-refractivity contribution in [2.24, 2.45) is 5.92 Å². The Balaban J connectivity index is 1.66. The summed E-state index contributed by atoms with van der Waals surface area (Å²) in [6, 6.07) is 7.58. The molecule has 0 bridgehead atoms. The molecular formula is C17H19N3O3S. The first-order valence-corrected chi connectivity index (χ1v) is 8.67. The molecule has 2 heterocycles. The summed E-state index contributed by atoms with van der Waals surface area (Å²) in [6.45, 7) is 2.55. The Labute approximate surface area is 144 Å². The van der Waals surface area contributed by atoms with Crippen molar-refractivity contribution >= 4 is 17.7 Å². The number of rotatable bonds is 4. The number of hydrogen-bond donors (Lipinski definition) is 1. The van der Waals surface area contributed by atoms with Crippen molar-refractivity contribution in [2.45, 2.75) is 25.2 Å². The van der Waals surface area contributed by atoms with Crippen molar-refractivity contribution < 1.29 is 9.53 Å². The van der Waals surface area contributed by atoms with Crippen molar-refractivity contribution in [3.8, 4) is 5.75 Å². The third-order valence-corrected chi connectivity index (χ3v) is 5.12. The van der Waals surface area contributed by atoms with Crippen LogP contribution < -0.4 is 15.6 Å². The fraction of sp³-hybridized carbons (Fsp3) is 0.353. The molecule has 1 aromatic carbocycles. The van der Waals surface area contributed by atoms with E-state index in [2.05, 4.69) is 10.3 Å². The number of methoxy groups -OCH3 is 1. The Morgan fingerprint density at radius 3 is 3.12 bits per heavy atom. The number of aryl methyl sites for hydroxylation is 1. The largest absolute Gasteiger partial charge is 0.497 e. The van der Waals surface area contributed by atoms with Gasteiger partial charge in [0.25, 0.3) is 5.56 Å². The van der Waals surface area contributed by atoms with Crippen molar-refractivity contribution in [1.82, 2.24) is 14.9 Å². The topological polar surface area (TPSA) is 73.2 Å². The highest BCUT2D eigenvalue weighted by molar-refractivity contribution is 7.99. The second-order valence-corrected chi connectivity index (χ2v) is 6.70. The fourth-order valence-electron chi connectivity index (χ4n) is 2.58. The van der Waals surface area contributed by atoms with E-state index >= 15 is 0 Å². The van der Waals surface area contributed by atoms with Crippen molar-refractivity contribution in [1.29, 1.82) is 0 Å². The van der Waals surface area contributed by atoms with Crippen molar-refractivity contribution in [2.75, 3.05) is 12.9 Å². The van der Waals surface area contributed by atoms with Crippen LogP contribution in [0.4, 0.5) is 0 Å². The second kappa shape index (κ2) is 7.09. The van der Waals surface area contributed by atoms with Gasteiger partial charge in [-0.1, -0.05) is 23.9 Å². The first-order valence-electron chi connectivity index (χ1n) is 7.68. The monoisotopic (exact) mass is 345 g/mol. The summed E-state index contributed by atoms with van der Waals surface area (Å²) in [5, 5.41) is 3.62. The van der Waals surface area contributed by atoms with E-state index in [-0.39, 0.29) is 17.4 Å². The molecule has 0 fully saturated rings. The molecule has 1 aromatic heterocycles. The van der Waals surface area contributed by atoms with Crippen LogP contribution in [-0.2, 0) is 17.9 Å². The van der Waals surface area contributed by atoms with Crippen molar-refractivity contribution in [3.63, 3.8) is 0 Å². The minimum absolute atomic E-state index is 0.0515. The van der Waals surface area contributed by atoms with Gasteiger partial charge in [-0.15, -0.1) is 0 Å². The fourth-order valence-corrected chi connectivity index (χ4v) is 3.62. The molecule has 0 saturated heterocycles. The maximum absolute atomic E-state index is 12.4. The van der Waals surface area contributed by atoms with E-state index in [1.165, 1.54) is 11.8 Å². The van der Waals surface area contributed by atoms with Crippen LogP contribution in [0.15, 0.2) is 40.4 Å². The predicted molar refractivity (Wildman–Crippen MR) is 92.3 cm³/mol. The number of nitrogens with one attached hydrogen (secondary N) is 1. The van der Waals surface area contributed by atoms with Gasteiger partial charge >= 0.3 is 0 Å². The maximum Gasteiger partial charge on any atom is 0.257 e. The summed E-state index contributed by atoms with van der Waals surface area (Å²) in [5.41, 5.74) is 1.50. The number of aromatic nitrogens is 2. The molecule has 7 heteroatoms. The van der Waals surface area contributed by atoms with Gasteiger partial charge in [0.1, 0.15) is 5.75 Å². The molecule has 1 N–H and O–H groups in total. The molecule has 1 amide bonds. The van der Waals surface area contributed by atoms with Gasteiger partial charge in [-0.25, -0.2) is 4.98 Å². The van der Waals surface area contributed by atoms with Crippen LogP contribution in [0.1, 0.15) is 11.1 Å². The lowest BCUT2D eigenvalue weighted by Gasteiger charge is -2.24. The second-order valence-electron chi connectivity index (χ2n) is 5.72. The first kappa shape index (κ1) is 16.6. The number of carbonyl (C=O) groups excluding carboxylic acids is 1. The molecule has 0 radical (unpaired) electrons. The summed E-state index contributed by atoms with van der Waals surface area (Å²) in [5.74, 6) is 1.09. The van der Waals surface area contributed by atoms with Gasteiger partial charge in [0, 0.05) is 30.6 Å². The van der Waals surface area contributed by atoms with Gasteiger partial charge in [0.05, 0.1) is 13.0 Å². The lowest BCUT2D eigenvalue weighted by molar-refractivity contribution is -0.125. The number of nitrogens with zero attached hydrogens (tertiary/aromatic N) is 2. The minimum Gasteiger partial charge on any atom is -0.497 e. The molecule has 6 nitrogen and oxygen atoms in total. The number of carbonyl (C=O) groups is 1. The Morgan fingerprint density at radius 2 is 2.33 bits per heavy atom. The molecular weight excluding hydrogens is 326 g/mol. The highest BCUT2D eigenvalue weighted by Gasteiger charge is 2.26. The first-order chi connectivity index (χ1) is 11.6. The Kier molecular flexibility index (Phi) is 4.89. The standard InChI is InChI=1S/C17H19N3O3S/c1-11-7-19-17-20(16(11)22)9-13(10-24-17)15(21)18-8-12-4-3-5-14(6-12)23-2/h3-7,13H,8-10H2,1-2H3,(H,18,21). The lowest BCUT2D eigenvalue weighted by atomic mass is 10.1. The molecule has 0 spiro atoms. The van der Waals surface area contributed by atoms with E-state index in [0.717, 1.165) is 11.3 Å². The molecule has 126 valence electrons. The summed E-state index contributed by atoms with van der Waals surface area (Å²) in [4.78, 5) is 28.9. The SMILES string of the molecule is COc1cccc(CNC(=O)C2CSc3ncc(C)c(=O)n3C2)c1. The number of amides is 1. The van der Waals surface area contributed by atoms with E-state index in [1.807, 2.05) is 24.3 Å². The Morgan fingerprint density at radius 1 is 1.50 bits per heavy atom. The molecule has 3 rings (SSSR count). The molecule has 1 unspecified atom stereocenters. The van der Waals surface area contributed by atoms with Gasteiger partial charge in [-0.3, -0.25) is 14.2 Å². The molecule has 24 heavy (non-hydrogen) atoms. The smallest absolute Gasteiger partial charge is 0.257 e. The third-order valence-electron chi connectivity index (χ3n) is 3.97. The Bertz CT molecular complexity index is 819. The zero-order chi connectivity index (χ0) is 17.1. The number of fused-ring (bicyclic) bond motifs is 1. The number of hydrogen-bond acceptors (Lipinski definition) is 5.